The van der Waals surface area contributed by atoms with E-state index >= 15 is 0 Å². The van der Waals surface area contributed by atoms with Crippen molar-refractivity contribution in [2.24, 2.45) is 5.92 Å². The second-order valence-electron chi connectivity index (χ2n) is 4.77. The van der Waals surface area contributed by atoms with Crippen LogP contribution in [0.5, 0.6) is 5.75 Å². The molecule has 19 heavy (non-hydrogen) atoms. The van der Waals surface area contributed by atoms with Gasteiger partial charge in [-0.2, -0.15) is 0 Å². The monoisotopic (exact) mass is 265 g/mol. The van der Waals surface area contributed by atoms with Crippen molar-refractivity contribution in [2.75, 3.05) is 20.3 Å². The number of ether oxygens (including phenoxy) is 2. The zero-order chi connectivity index (χ0) is 14.3. The largest absolute Gasteiger partial charge is 0.496 e. The summed E-state index contributed by atoms with van der Waals surface area (Å²) in [4.78, 5) is 12.0. The van der Waals surface area contributed by atoms with Crippen LogP contribution in [0.4, 0.5) is 0 Å². The Kier molecular flexibility index (Phi) is 6.36. The molecule has 0 atom stereocenters. The van der Waals surface area contributed by atoms with Gasteiger partial charge in [0.2, 0.25) is 0 Å². The first-order valence-electron chi connectivity index (χ1n) is 6.61. The number of rotatable bonds is 7. The molecule has 1 aromatic carbocycles. The van der Waals surface area contributed by atoms with Crippen LogP contribution >= 0.6 is 0 Å². The topological polar surface area (TPSA) is 47.6 Å². The molecule has 0 aliphatic carbocycles. The van der Waals surface area contributed by atoms with Gasteiger partial charge < -0.3 is 14.8 Å². The van der Waals surface area contributed by atoms with Gasteiger partial charge in [0.25, 0.3) is 5.91 Å². The van der Waals surface area contributed by atoms with Gasteiger partial charge in [-0.3, -0.25) is 4.79 Å². The zero-order valence-electron chi connectivity index (χ0n) is 12.2. The molecule has 1 amide bonds. The molecule has 106 valence electrons. The van der Waals surface area contributed by atoms with Crippen molar-refractivity contribution in [3.63, 3.8) is 0 Å². The lowest BCUT2D eigenvalue weighted by Gasteiger charge is -2.12. The Morgan fingerprint density at radius 2 is 2.11 bits per heavy atom. The maximum atomic E-state index is 12.0. The predicted octanol–water partition coefficient (Wildman–Crippen LogP) is 2.62. The lowest BCUT2D eigenvalue weighted by Crippen LogP contribution is -2.27. The highest BCUT2D eigenvalue weighted by Crippen LogP contribution is 2.20. The Morgan fingerprint density at radius 3 is 2.68 bits per heavy atom. The maximum Gasteiger partial charge on any atom is 0.251 e. The molecule has 4 nitrogen and oxygen atoms in total. The lowest BCUT2D eigenvalue weighted by atomic mass is 10.1. The van der Waals surface area contributed by atoms with Crippen LogP contribution in [0.2, 0.25) is 0 Å². The number of benzene rings is 1. The molecule has 0 aliphatic heterocycles. The summed E-state index contributed by atoms with van der Waals surface area (Å²) in [5.41, 5.74) is 1.53. The molecule has 0 bridgehead atoms. The number of amides is 1. The normalized spacial score (nSPS) is 10.6. The van der Waals surface area contributed by atoms with Gasteiger partial charge in [0, 0.05) is 24.3 Å². The minimum atomic E-state index is -0.0610. The summed E-state index contributed by atoms with van der Waals surface area (Å²) in [7, 11) is 1.61. The van der Waals surface area contributed by atoms with E-state index in [4.69, 9.17) is 9.47 Å². The van der Waals surface area contributed by atoms with Crippen LogP contribution < -0.4 is 10.1 Å². The van der Waals surface area contributed by atoms with Crippen molar-refractivity contribution in [1.29, 1.82) is 0 Å². The van der Waals surface area contributed by atoms with Crippen molar-refractivity contribution in [2.45, 2.75) is 27.4 Å². The van der Waals surface area contributed by atoms with Gasteiger partial charge in [0.05, 0.1) is 13.7 Å². The Labute approximate surface area is 115 Å². The molecule has 0 spiro atoms. The van der Waals surface area contributed by atoms with Gasteiger partial charge in [-0.15, -0.1) is 0 Å². The van der Waals surface area contributed by atoms with Gasteiger partial charge in [0.1, 0.15) is 5.75 Å². The molecule has 0 radical (unpaired) electrons. The minimum Gasteiger partial charge on any atom is -0.496 e. The van der Waals surface area contributed by atoms with E-state index in [1.54, 1.807) is 19.2 Å². The molecule has 0 unspecified atom stereocenters. The summed E-state index contributed by atoms with van der Waals surface area (Å²) in [5, 5.41) is 2.90. The van der Waals surface area contributed by atoms with Crippen molar-refractivity contribution >= 4 is 5.91 Å². The standard InChI is InChI=1S/C15H23NO3/c1-5-19-10-13-8-12(6-7-14(13)18-4)15(17)16-9-11(2)3/h6-8,11H,5,9-10H2,1-4H3,(H,16,17). The summed E-state index contributed by atoms with van der Waals surface area (Å²) < 4.78 is 10.6. The Bertz CT molecular complexity index is 416. The molecule has 1 N–H and O–H groups in total. The van der Waals surface area contributed by atoms with E-state index in [9.17, 15) is 4.79 Å². The van der Waals surface area contributed by atoms with E-state index in [0.29, 0.717) is 31.2 Å². The third-order valence-electron chi connectivity index (χ3n) is 2.68. The second kappa shape index (κ2) is 7.79. The summed E-state index contributed by atoms with van der Waals surface area (Å²) in [5.74, 6) is 1.12. The average Bonchev–Trinajstić information content (AvgIpc) is 2.42. The molecule has 0 aliphatic rings. The van der Waals surface area contributed by atoms with Crippen LogP contribution in [-0.4, -0.2) is 26.2 Å². The molecule has 0 heterocycles. The fraction of sp³-hybridized carbons (Fsp3) is 0.533. The van der Waals surface area contributed by atoms with Crippen LogP contribution in [0.25, 0.3) is 0 Å². The summed E-state index contributed by atoms with van der Waals surface area (Å²) in [6.07, 6.45) is 0. The smallest absolute Gasteiger partial charge is 0.251 e. The van der Waals surface area contributed by atoms with E-state index in [0.717, 1.165) is 11.3 Å². The zero-order valence-corrected chi connectivity index (χ0v) is 12.2. The van der Waals surface area contributed by atoms with Crippen LogP contribution in [0.3, 0.4) is 0 Å². The van der Waals surface area contributed by atoms with Crippen molar-refractivity contribution < 1.29 is 14.3 Å². The number of carbonyl (C=O) groups is 1. The molecule has 4 heteroatoms. The summed E-state index contributed by atoms with van der Waals surface area (Å²) in [6, 6.07) is 5.40. The Morgan fingerprint density at radius 1 is 1.37 bits per heavy atom. The van der Waals surface area contributed by atoms with Crippen LogP contribution in [0, 0.1) is 5.92 Å². The number of hydrogen-bond acceptors (Lipinski definition) is 3. The van der Waals surface area contributed by atoms with Gasteiger partial charge in [0.15, 0.2) is 0 Å². The predicted molar refractivity (Wildman–Crippen MR) is 75.5 cm³/mol. The number of nitrogens with one attached hydrogen (secondary N) is 1. The quantitative estimate of drug-likeness (QED) is 0.824. The molecule has 0 saturated heterocycles. The van der Waals surface area contributed by atoms with Crippen molar-refractivity contribution in [3.05, 3.63) is 29.3 Å². The average molecular weight is 265 g/mol. The van der Waals surface area contributed by atoms with E-state index in [-0.39, 0.29) is 5.91 Å². The van der Waals surface area contributed by atoms with E-state index < -0.39 is 0 Å². The molecule has 0 saturated carbocycles. The molecule has 1 aromatic rings. The van der Waals surface area contributed by atoms with E-state index in [1.165, 1.54) is 0 Å². The molecule has 0 fully saturated rings. The third-order valence-corrected chi connectivity index (χ3v) is 2.68. The molecular formula is C15H23NO3. The van der Waals surface area contributed by atoms with Gasteiger partial charge in [-0.25, -0.2) is 0 Å². The number of carbonyl (C=O) groups excluding carboxylic acids is 1. The lowest BCUT2D eigenvalue weighted by molar-refractivity contribution is 0.0948. The van der Waals surface area contributed by atoms with Crippen molar-refractivity contribution in [1.82, 2.24) is 5.32 Å². The van der Waals surface area contributed by atoms with Crippen molar-refractivity contribution in [3.8, 4) is 5.75 Å². The van der Waals surface area contributed by atoms with Crippen LogP contribution in [-0.2, 0) is 11.3 Å². The van der Waals surface area contributed by atoms with Crippen LogP contribution in [0.15, 0.2) is 18.2 Å². The maximum absolute atomic E-state index is 12.0. The fourth-order valence-electron chi connectivity index (χ4n) is 1.64. The first-order chi connectivity index (χ1) is 9.08. The number of methoxy groups -OCH3 is 1. The molecular weight excluding hydrogens is 242 g/mol. The van der Waals surface area contributed by atoms with E-state index in [2.05, 4.69) is 19.2 Å². The number of hydrogen-bond donors (Lipinski definition) is 1. The molecule has 0 aromatic heterocycles. The summed E-state index contributed by atoms with van der Waals surface area (Å²) >= 11 is 0. The van der Waals surface area contributed by atoms with E-state index in [1.807, 2.05) is 13.0 Å². The minimum absolute atomic E-state index is 0.0610. The van der Waals surface area contributed by atoms with Gasteiger partial charge >= 0.3 is 0 Å². The van der Waals surface area contributed by atoms with Gasteiger partial charge in [-0.1, -0.05) is 13.8 Å². The summed E-state index contributed by atoms with van der Waals surface area (Å²) in [6.45, 7) is 7.82. The highest BCUT2D eigenvalue weighted by molar-refractivity contribution is 5.94. The highest BCUT2D eigenvalue weighted by Gasteiger charge is 2.10. The van der Waals surface area contributed by atoms with Crippen LogP contribution in [0.1, 0.15) is 36.7 Å². The third kappa shape index (κ3) is 4.91. The van der Waals surface area contributed by atoms with Gasteiger partial charge in [-0.05, 0) is 31.0 Å². The first kappa shape index (κ1) is 15.5. The fourth-order valence-corrected chi connectivity index (χ4v) is 1.64. The Balaban J connectivity index is 2.81. The second-order valence-corrected chi connectivity index (χ2v) is 4.77. The first-order valence-corrected chi connectivity index (χ1v) is 6.61. The molecule has 1 rings (SSSR count). The Hall–Kier alpha value is -1.55. The highest BCUT2D eigenvalue weighted by atomic mass is 16.5. The SMILES string of the molecule is CCOCc1cc(C(=O)NCC(C)C)ccc1OC.